The molecule has 0 atom stereocenters. The van der Waals surface area contributed by atoms with Gasteiger partial charge in [-0.3, -0.25) is 0 Å². The lowest BCUT2D eigenvalue weighted by Gasteiger charge is -2.57. The lowest BCUT2D eigenvalue weighted by Crippen LogP contribution is -2.46. The van der Waals surface area contributed by atoms with Crippen LogP contribution in [0.25, 0.3) is 0 Å². The second kappa shape index (κ2) is 7.18. The van der Waals surface area contributed by atoms with Crippen molar-refractivity contribution in [3.63, 3.8) is 0 Å². The summed E-state index contributed by atoms with van der Waals surface area (Å²) in [5.41, 5.74) is 1.00. The number of hydrogen-bond acceptors (Lipinski definition) is 3. The van der Waals surface area contributed by atoms with Crippen LogP contribution in [-0.2, 0) is 14.3 Å². The highest BCUT2D eigenvalue weighted by Crippen LogP contribution is 2.62. The summed E-state index contributed by atoms with van der Waals surface area (Å²) < 4.78 is 11.2. The van der Waals surface area contributed by atoms with Crippen molar-refractivity contribution in [2.45, 2.75) is 71.1 Å². The SMILES string of the molecule is CCCC1(CCOC=C(CC23CC4CC(CC(C4)C2)C3)C(=O)O)COC1. The third kappa shape index (κ3) is 3.67. The van der Waals surface area contributed by atoms with Crippen LogP contribution >= 0.6 is 0 Å². The molecule has 0 unspecified atom stereocenters. The van der Waals surface area contributed by atoms with Gasteiger partial charge in [-0.25, -0.2) is 4.79 Å². The van der Waals surface area contributed by atoms with E-state index in [2.05, 4.69) is 6.92 Å². The molecule has 146 valence electrons. The van der Waals surface area contributed by atoms with Crippen LogP contribution in [0.4, 0.5) is 0 Å². The Balaban J connectivity index is 1.34. The van der Waals surface area contributed by atoms with Crippen molar-refractivity contribution < 1.29 is 19.4 Å². The van der Waals surface area contributed by atoms with Crippen LogP contribution in [0.15, 0.2) is 11.8 Å². The minimum absolute atomic E-state index is 0.244. The molecule has 0 aromatic heterocycles. The second-order valence-corrected chi connectivity index (χ2v) is 9.91. The Kier molecular flexibility index (Phi) is 5.06. The van der Waals surface area contributed by atoms with Gasteiger partial charge in [-0.05, 0) is 81.0 Å². The van der Waals surface area contributed by atoms with Crippen molar-refractivity contribution in [3.05, 3.63) is 11.8 Å². The summed E-state index contributed by atoms with van der Waals surface area (Å²) in [5, 5.41) is 9.71. The standard InChI is InChI=1S/C22H34O4/c1-2-3-21(14-26-15-21)4-5-25-13-19(20(23)24)12-22-9-16-6-17(10-22)8-18(7-16)11-22/h13,16-18H,2-12,14-15H2,1H3,(H,23,24). The van der Waals surface area contributed by atoms with Crippen LogP contribution in [0.5, 0.6) is 0 Å². The van der Waals surface area contributed by atoms with Crippen molar-refractivity contribution in [1.82, 2.24) is 0 Å². The van der Waals surface area contributed by atoms with Gasteiger partial charge in [-0.15, -0.1) is 0 Å². The first-order valence-corrected chi connectivity index (χ1v) is 10.6. The summed E-state index contributed by atoms with van der Waals surface area (Å²) in [7, 11) is 0. The number of carbonyl (C=O) groups is 1. The summed E-state index contributed by atoms with van der Waals surface area (Å²) in [6.07, 6.45) is 13.4. The smallest absolute Gasteiger partial charge is 0.334 e. The summed E-state index contributed by atoms with van der Waals surface area (Å²) in [6, 6.07) is 0. The lowest BCUT2D eigenvalue weighted by atomic mass is 9.48. The number of hydrogen-bond donors (Lipinski definition) is 1. The minimum atomic E-state index is -0.795. The van der Waals surface area contributed by atoms with Gasteiger partial charge in [0.15, 0.2) is 0 Å². The maximum Gasteiger partial charge on any atom is 0.334 e. The molecule has 4 bridgehead atoms. The zero-order chi connectivity index (χ0) is 18.2. The van der Waals surface area contributed by atoms with E-state index in [0.717, 1.165) is 43.8 Å². The first-order chi connectivity index (χ1) is 12.5. The van der Waals surface area contributed by atoms with E-state index in [4.69, 9.17) is 9.47 Å². The highest BCUT2D eigenvalue weighted by molar-refractivity contribution is 5.86. The van der Waals surface area contributed by atoms with Gasteiger partial charge in [0.05, 0.1) is 31.7 Å². The van der Waals surface area contributed by atoms with Crippen molar-refractivity contribution in [2.24, 2.45) is 28.6 Å². The van der Waals surface area contributed by atoms with Crippen LogP contribution in [-0.4, -0.2) is 30.9 Å². The van der Waals surface area contributed by atoms with Crippen LogP contribution in [0.1, 0.15) is 71.1 Å². The summed E-state index contributed by atoms with van der Waals surface area (Å²) >= 11 is 0. The molecule has 1 saturated heterocycles. The summed E-state index contributed by atoms with van der Waals surface area (Å²) in [5.74, 6) is 1.76. The first-order valence-electron chi connectivity index (χ1n) is 10.6. The van der Waals surface area contributed by atoms with E-state index in [1.807, 2.05) is 0 Å². The average molecular weight is 363 g/mol. The maximum absolute atomic E-state index is 11.8. The predicted octanol–water partition coefficient (Wildman–Crippen LogP) is 4.78. The van der Waals surface area contributed by atoms with Crippen LogP contribution in [0.3, 0.4) is 0 Å². The Morgan fingerprint density at radius 1 is 1.12 bits per heavy atom. The fourth-order valence-corrected chi connectivity index (χ4v) is 6.85. The molecule has 26 heavy (non-hydrogen) atoms. The third-order valence-electron chi connectivity index (χ3n) is 7.58. The summed E-state index contributed by atoms with van der Waals surface area (Å²) in [6.45, 7) is 4.45. The Morgan fingerprint density at radius 3 is 2.19 bits per heavy atom. The van der Waals surface area contributed by atoms with Crippen molar-refractivity contribution in [1.29, 1.82) is 0 Å². The van der Waals surface area contributed by atoms with Gasteiger partial charge in [0, 0.05) is 5.41 Å². The molecule has 4 saturated carbocycles. The molecule has 0 aromatic rings. The highest BCUT2D eigenvalue weighted by atomic mass is 16.5. The van der Waals surface area contributed by atoms with E-state index in [-0.39, 0.29) is 10.8 Å². The number of ether oxygens (including phenoxy) is 2. The van der Waals surface area contributed by atoms with Gasteiger partial charge < -0.3 is 14.6 Å². The minimum Gasteiger partial charge on any atom is -0.501 e. The molecule has 5 fully saturated rings. The molecule has 4 heteroatoms. The maximum atomic E-state index is 11.8. The first kappa shape index (κ1) is 18.3. The molecule has 1 heterocycles. The topological polar surface area (TPSA) is 55.8 Å². The zero-order valence-electron chi connectivity index (χ0n) is 16.2. The molecule has 1 N–H and O–H groups in total. The lowest BCUT2D eigenvalue weighted by molar-refractivity contribution is -0.134. The average Bonchev–Trinajstić information content (AvgIpc) is 2.53. The van der Waals surface area contributed by atoms with Gasteiger partial charge in [-0.2, -0.15) is 0 Å². The molecule has 0 spiro atoms. The fourth-order valence-electron chi connectivity index (χ4n) is 6.85. The largest absolute Gasteiger partial charge is 0.501 e. The molecular formula is C22H34O4. The van der Waals surface area contributed by atoms with Crippen LogP contribution in [0, 0.1) is 28.6 Å². The molecule has 1 aliphatic heterocycles. The number of rotatable bonds is 9. The van der Waals surface area contributed by atoms with Gasteiger partial charge in [0.1, 0.15) is 0 Å². The van der Waals surface area contributed by atoms with Crippen LogP contribution < -0.4 is 0 Å². The normalized spacial score (nSPS) is 37.4. The Hall–Kier alpha value is -1.03. The van der Waals surface area contributed by atoms with Gasteiger partial charge in [0.2, 0.25) is 0 Å². The molecule has 0 radical (unpaired) electrons. The van der Waals surface area contributed by atoms with E-state index in [1.54, 1.807) is 6.26 Å². The van der Waals surface area contributed by atoms with Crippen molar-refractivity contribution in [3.8, 4) is 0 Å². The highest BCUT2D eigenvalue weighted by Gasteiger charge is 2.51. The molecule has 5 aliphatic rings. The third-order valence-corrected chi connectivity index (χ3v) is 7.58. The summed E-state index contributed by atoms with van der Waals surface area (Å²) in [4.78, 5) is 11.8. The van der Waals surface area contributed by atoms with Gasteiger partial charge >= 0.3 is 5.97 Å². The van der Waals surface area contributed by atoms with E-state index in [9.17, 15) is 9.90 Å². The zero-order valence-corrected chi connectivity index (χ0v) is 16.2. The van der Waals surface area contributed by atoms with Crippen molar-refractivity contribution >= 4 is 5.97 Å². The second-order valence-electron chi connectivity index (χ2n) is 9.91. The van der Waals surface area contributed by atoms with Crippen LogP contribution in [0.2, 0.25) is 0 Å². The molecular weight excluding hydrogens is 328 g/mol. The molecule has 4 aliphatic carbocycles. The Bertz CT molecular complexity index is 525. The van der Waals surface area contributed by atoms with E-state index in [0.29, 0.717) is 18.6 Å². The molecule has 0 amide bonds. The number of aliphatic carboxylic acids is 1. The van der Waals surface area contributed by atoms with Gasteiger partial charge in [0.25, 0.3) is 0 Å². The van der Waals surface area contributed by atoms with Crippen molar-refractivity contribution in [2.75, 3.05) is 19.8 Å². The Morgan fingerprint density at radius 2 is 1.73 bits per heavy atom. The monoisotopic (exact) mass is 362 g/mol. The van der Waals surface area contributed by atoms with E-state index < -0.39 is 5.97 Å². The predicted molar refractivity (Wildman–Crippen MR) is 99.7 cm³/mol. The molecule has 5 rings (SSSR count). The quantitative estimate of drug-likeness (QED) is 0.364. The Labute approximate surface area is 157 Å². The molecule has 0 aromatic carbocycles. The van der Waals surface area contributed by atoms with E-state index in [1.165, 1.54) is 44.9 Å². The number of carboxylic acids is 1. The van der Waals surface area contributed by atoms with Gasteiger partial charge in [-0.1, -0.05) is 13.3 Å². The number of carboxylic acid groups (broad SMARTS) is 1. The van der Waals surface area contributed by atoms with E-state index >= 15 is 0 Å². The fraction of sp³-hybridized carbons (Fsp3) is 0.864. The molecule has 4 nitrogen and oxygen atoms in total.